The lowest BCUT2D eigenvalue weighted by atomic mass is 10.1. The largest absolute Gasteiger partial charge is 0.496 e. The Balaban J connectivity index is 1.59. The zero-order valence-electron chi connectivity index (χ0n) is 16.5. The molecule has 0 spiro atoms. The van der Waals surface area contributed by atoms with Gasteiger partial charge >= 0.3 is 0 Å². The zero-order chi connectivity index (χ0) is 19.6. The first kappa shape index (κ1) is 19.2. The van der Waals surface area contributed by atoms with E-state index in [1.807, 2.05) is 48.6 Å². The van der Waals surface area contributed by atoms with E-state index >= 15 is 0 Å². The highest BCUT2D eigenvalue weighted by atomic mass is 16.5. The average molecular weight is 369 g/mol. The van der Waals surface area contributed by atoms with Gasteiger partial charge in [0.2, 0.25) is 0 Å². The number of aromatic nitrogens is 1. The van der Waals surface area contributed by atoms with Crippen LogP contribution in [0.5, 0.6) is 5.75 Å². The summed E-state index contributed by atoms with van der Waals surface area (Å²) in [6.07, 6.45) is 0. The number of carbonyl (C=O) groups is 2. The number of benzene rings is 1. The van der Waals surface area contributed by atoms with Crippen molar-refractivity contribution in [3.8, 4) is 5.75 Å². The number of Topliss-reactive ketones (excluding diaryl/α,β-unsaturated/α-hetero) is 1. The topological polar surface area (TPSA) is 54.8 Å². The molecular formula is C21H27N3O3. The third-order valence-corrected chi connectivity index (χ3v) is 5.44. The molecule has 144 valence electrons. The van der Waals surface area contributed by atoms with Gasteiger partial charge in [-0.05, 0) is 32.0 Å². The van der Waals surface area contributed by atoms with Crippen molar-refractivity contribution in [2.24, 2.45) is 7.05 Å². The number of para-hydroxylation sites is 1. The number of methoxy groups -OCH3 is 1. The summed E-state index contributed by atoms with van der Waals surface area (Å²) in [5, 5.41) is 0. The first-order chi connectivity index (χ1) is 12.9. The van der Waals surface area contributed by atoms with Crippen molar-refractivity contribution in [2.75, 3.05) is 39.8 Å². The van der Waals surface area contributed by atoms with E-state index < -0.39 is 0 Å². The maximum atomic E-state index is 12.8. The average Bonchev–Trinajstić information content (AvgIpc) is 2.95. The van der Waals surface area contributed by atoms with Crippen molar-refractivity contribution in [2.45, 2.75) is 13.8 Å². The smallest absolute Gasteiger partial charge is 0.257 e. The Morgan fingerprint density at radius 2 is 1.70 bits per heavy atom. The van der Waals surface area contributed by atoms with Crippen LogP contribution in [0, 0.1) is 13.8 Å². The third-order valence-electron chi connectivity index (χ3n) is 5.44. The maximum absolute atomic E-state index is 12.8. The Bertz CT molecular complexity index is 848. The van der Waals surface area contributed by atoms with E-state index in [0.717, 1.165) is 17.0 Å². The molecule has 1 aromatic heterocycles. The van der Waals surface area contributed by atoms with Gasteiger partial charge in [-0.3, -0.25) is 14.5 Å². The number of nitrogens with zero attached hydrogens (tertiary/aromatic N) is 3. The van der Waals surface area contributed by atoms with Crippen LogP contribution < -0.4 is 4.74 Å². The molecule has 3 rings (SSSR count). The number of aryl methyl sites for hydroxylation is 1. The van der Waals surface area contributed by atoms with Gasteiger partial charge in [-0.1, -0.05) is 12.1 Å². The van der Waals surface area contributed by atoms with Crippen LogP contribution in [0.3, 0.4) is 0 Å². The summed E-state index contributed by atoms with van der Waals surface area (Å²) in [6.45, 7) is 6.97. The molecule has 1 aliphatic heterocycles. The summed E-state index contributed by atoms with van der Waals surface area (Å²) in [4.78, 5) is 29.4. The quantitative estimate of drug-likeness (QED) is 0.759. The normalized spacial score (nSPS) is 15.0. The van der Waals surface area contributed by atoms with Gasteiger partial charge in [0.25, 0.3) is 5.91 Å². The number of hydrogen-bond donors (Lipinski definition) is 0. The fourth-order valence-corrected chi connectivity index (χ4v) is 3.53. The molecule has 1 aliphatic rings. The van der Waals surface area contributed by atoms with Crippen LogP contribution in [-0.2, 0) is 7.05 Å². The van der Waals surface area contributed by atoms with Gasteiger partial charge in [0, 0.05) is 50.2 Å². The highest BCUT2D eigenvalue weighted by Crippen LogP contribution is 2.20. The predicted octanol–water partition coefficient (Wildman–Crippen LogP) is 2.29. The minimum Gasteiger partial charge on any atom is -0.496 e. The number of piperazine rings is 1. The highest BCUT2D eigenvalue weighted by Gasteiger charge is 2.26. The lowest BCUT2D eigenvalue weighted by Gasteiger charge is -2.34. The van der Waals surface area contributed by atoms with Crippen LogP contribution in [0.2, 0.25) is 0 Å². The molecule has 0 N–H and O–H groups in total. The lowest BCUT2D eigenvalue weighted by Crippen LogP contribution is -2.50. The Labute approximate surface area is 160 Å². The summed E-state index contributed by atoms with van der Waals surface area (Å²) in [7, 11) is 3.55. The van der Waals surface area contributed by atoms with E-state index in [-0.39, 0.29) is 11.7 Å². The van der Waals surface area contributed by atoms with Crippen molar-refractivity contribution in [3.63, 3.8) is 0 Å². The molecule has 0 unspecified atom stereocenters. The van der Waals surface area contributed by atoms with E-state index in [1.165, 1.54) is 0 Å². The van der Waals surface area contributed by atoms with E-state index in [2.05, 4.69) is 4.90 Å². The molecule has 27 heavy (non-hydrogen) atoms. The van der Waals surface area contributed by atoms with Crippen molar-refractivity contribution in [3.05, 3.63) is 52.8 Å². The van der Waals surface area contributed by atoms with Gasteiger partial charge in [0.05, 0.1) is 19.2 Å². The van der Waals surface area contributed by atoms with Gasteiger partial charge in [-0.25, -0.2) is 0 Å². The SMILES string of the molecule is COc1ccccc1C(=O)N1CCN(CC(=O)c2cc(C)n(C)c2C)CC1. The van der Waals surface area contributed by atoms with Gasteiger partial charge in [0.15, 0.2) is 5.78 Å². The second-order valence-corrected chi connectivity index (χ2v) is 7.04. The number of hydrogen-bond acceptors (Lipinski definition) is 4. The van der Waals surface area contributed by atoms with Gasteiger partial charge in [-0.15, -0.1) is 0 Å². The van der Waals surface area contributed by atoms with Crippen LogP contribution in [0.1, 0.15) is 32.1 Å². The summed E-state index contributed by atoms with van der Waals surface area (Å²) < 4.78 is 7.34. The molecule has 0 aliphatic carbocycles. The molecule has 0 atom stereocenters. The molecule has 2 heterocycles. The van der Waals surface area contributed by atoms with Crippen LogP contribution in [0.4, 0.5) is 0 Å². The van der Waals surface area contributed by atoms with Gasteiger partial charge in [-0.2, -0.15) is 0 Å². The first-order valence-electron chi connectivity index (χ1n) is 9.23. The zero-order valence-corrected chi connectivity index (χ0v) is 16.5. The van der Waals surface area contributed by atoms with E-state index in [1.54, 1.807) is 19.2 Å². The van der Waals surface area contributed by atoms with E-state index in [9.17, 15) is 9.59 Å². The number of ketones is 1. The van der Waals surface area contributed by atoms with E-state index in [4.69, 9.17) is 4.74 Å². The molecule has 6 heteroatoms. The number of ether oxygens (including phenoxy) is 1. The van der Waals surface area contributed by atoms with Crippen molar-refractivity contribution in [1.29, 1.82) is 0 Å². The molecule has 1 aromatic carbocycles. The van der Waals surface area contributed by atoms with Gasteiger partial charge < -0.3 is 14.2 Å². The lowest BCUT2D eigenvalue weighted by molar-refractivity contribution is 0.0621. The minimum atomic E-state index is -0.0204. The second-order valence-electron chi connectivity index (χ2n) is 7.04. The summed E-state index contributed by atoms with van der Waals surface area (Å²) in [5.41, 5.74) is 3.47. The molecular weight excluding hydrogens is 342 g/mol. The fraction of sp³-hybridized carbons (Fsp3) is 0.429. The maximum Gasteiger partial charge on any atom is 0.257 e. The molecule has 0 radical (unpaired) electrons. The molecule has 1 fully saturated rings. The summed E-state index contributed by atoms with van der Waals surface area (Å²) in [5.74, 6) is 0.712. The Hall–Kier alpha value is -2.60. The molecule has 2 aromatic rings. The monoisotopic (exact) mass is 369 g/mol. The van der Waals surface area contributed by atoms with Crippen molar-refractivity contribution < 1.29 is 14.3 Å². The minimum absolute atomic E-state index is 0.0204. The summed E-state index contributed by atoms with van der Waals surface area (Å²) >= 11 is 0. The van der Waals surface area contributed by atoms with Gasteiger partial charge in [0.1, 0.15) is 5.75 Å². The molecule has 0 bridgehead atoms. The first-order valence-corrected chi connectivity index (χ1v) is 9.23. The molecule has 0 saturated carbocycles. The Kier molecular flexibility index (Phi) is 5.65. The van der Waals surface area contributed by atoms with E-state index in [0.29, 0.717) is 44.0 Å². The third kappa shape index (κ3) is 3.90. The van der Waals surface area contributed by atoms with Crippen LogP contribution in [0.15, 0.2) is 30.3 Å². The second kappa shape index (κ2) is 7.96. The molecule has 1 amide bonds. The summed E-state index contributed by atoms with van der Waals surface area (Å²) in [6, 6.07) is 9.24. The van der Waals surface area contributed by atoms with Crippen LogP contribution in [-0.4, -0.2) is 65.9 Å². The van der Waals surface area contributed by atoms with Crippen molar-refractivity contribution >= 4 is 11.7 Å². The Morgan fingerprint density at radius 1 is 1.04 bits per heavy atom. The molecule has 1 saturated heterocycles. The number of carbonyl (C=O) groups excluding carboxylic acids is 2. The number of rotatable bonds is 5. The fourth-order valence-electron chi connectivity index (χ4n) is 3.53. The van der Waals surface area contributed by atoms with Crippen LogP contribution in [0.25, 0.3) is 0 Å². The van der Waals surface area contributed by atoms with Crippen LogP contribution >= 0.6 is 0 Å². The standard InChI is InChI=1S/C21H27N3O3/c1-15-13-18(16(2)22(15)3)19(25)14-23-9-11-24(12-10-23)21(26)17-7-5-6-8-20(17)27-4/h5-8,13H,9-12,14H2,1-4H3. The predicted molar refractivity (Wildman–Crippen MR) is 105 cm³/mol. The Morgan fingerprint density at radius 3 is 2.30 bits per heavy atom. The number of amides is 1. The highest BCUT2D eigenvalue weighted by molar-refractivity contribution is 5.99. The molecule has 6 nitrogen and oxygen atoms in total. The van der Waals surface area contributed by atoms with Crippen molar-refractivity contribution in [1.82, 2.24) is 14.4 Å².